The summed E-state index contributed by atoms with van der Waals surface area (Å²) >= 11 is 0. The van der Waals surface area contributed by atoms with Crippen LogP contribution in [0.15, 0.2) is 30.3 Å². The quantitative estimate of drug-likeness (QED) is 0.754. The Bertz CT molecular complexity index is 319. The molecule has 0 heterocycles. The van der Waals surface area contributed by atoms with Crippen molar-refractivity contribution in [3.63, 3.8) is 0 Å². The van der Waals surface area contributed by atoms with E-state index in [0.29, 0.717) is 5.92 Å². The van der Waals surface area contributed by atoms with Crippen molar-refractivity contribution >= 4 is 0 Å². The molecule has 0 amide bonds. The molecule has 74 valence electrons. The van der Waals surface area contributed by atoms with E-state index in [1.807, 2.05) is 0 Å². The lowest BCUT2D eigenvalue weighted by molar-refractivity contribution is 0.150. The number of hydrogen-bond acceptors (Lipinski definition) is 1. The molecule has 0 aromatic heterocycles. The van der Waals surface area contributed by atoms with Gasteiger partial charge in [0, 0.05) is 0 Å². The van der Waals surface area contributed by atoms with Crippen LogP contribution in [-0.4, -0.2) is 11.2 Å². The number of hydrogen-bond donors (Lipinski definition) is 1. The summed E-state index contributed by atoms with van der Waals surface area (Å²) in [6, 6.07) is 10.7. The van der Waals surface area contributed by atoms with E-state index in [4.69, 9.17) is 0 Å². The SMILES string of the molecule is O[C@@H]1CC[C@H]2[C@H](Cc3ccccc3)[C@H]21. The Morgan fingerprint density at radius 3 is 2.57 bits per heavy atom. The van der Waals surface area contributed by atoms with Gasteiger partial charge in [-0.25, -0.2) is 0 Å². The zero-order chi connectivity index (χ0) is 9.54. The Balaban J connectivity index is 1.66. The van der Waals surface area contributed by atoms with Gasteiger partial charge in [0.2, 0.25) is 0 Å². The minimum absolute atomic E-state index is 0.00807. The number of rotatable bonds is 2. The van der Waals surface area contributed by atoms with Crippen molar-refractivity contribution in [3.8, 4) is 0 Å². The van der Waals surface area contributed by atoms with Gasteiger partial charge in [0.1, 0.15) is 0 Å². The van der Waals surface area contributed by atoms with E-state index in [2.05, 4.69) is 30.3 Å². The fraction of sp³-hybridized carbons (Fsp3) is 0.538. The maximum absolute atomic E-state index is 9.69. The highest BCUT2D eigenvalue weighted by atomic mass is 16.3. The monoisotopic (exact) mass is 188 g/mol. The highest BCUT2D eigenvalue weighted by Crippen LogP contribution is 2.58. The van der Waals surface area contributed by atoms with Crippen molar-refractivity contribution in [1.29, 1.82) is 0 Å². The molecule has 4 atom stereocenters. The molecule has 2 aliphatic rings. The molecule has 0 radical (unpaired) electrons. The molecule has 0 spiro atoms. The zero-order valence-electron chi connectivity index (χ0n) is 8.26. The third kappa shape index (κ3) is 1.27. The first-order chi connectivity index (χ1) is 6.86. The summed E-state index contributed by atoms with van der Waals surface area (Å²) in [6.45, 7) is 0. The number of fused-ring (bicyclic) bond motifs is 1. The van der Waals surface area contributed by atoms with Gasteiger partial charge in [-0.15, -0.1) is 0 Å². The molecule has 3 rings (SSSR count). The smallest absolute Gasteiger partial charge is 0.0574 e. The molecular weight excluding hydrogens is 172 g/mol. The Hall–Kier alpha value is -0.820. The predicted octanol–water partition coefficient (Wildman–Crippen LogP) is 2.25. The van der Waals surface area contributed by atoms with Gasteiger partial charge >= 0.3 is 0 Å². The van der Waals surface area contributed by atoms with Crippen molar-refractivity contribution < 1.29 is 5.11 Å². The summed E-state index contributed by atoms with van der Waals surface area (Å²) < 4.78 is 0. The van der Waals surface area contributed by atoms with Crippen LogP contribution in [0.3, 0.4) is 0 Å². The lowest BCUT2D eigenvalue weighted by Gasteiger charge is -2.07. The van der Waals surface area contributed by atoms with Gasteiger partial charge in [-0.2, -0.15) is 0 Å². The molecule has 14 heavy (non-hydrogen) atoms. The van der Waals surface area contributed by atoms with Crippen LogP contribution in [0.5, 0.6) is 0 Å². The fourth-order valence-corrected chi connectivity index (χ4v) is 3.18. The number of benzene rings is 1. The van der Waals surface area contributed by atoms with Crippen LogP contribution in [0.2, 0.25) is 0 Å². The van der Waals surface area contributed by atoms with Gasteiger partial charge in [0.15, 0.2) is 0 Å². The molecule has 0 bridgehead atoms. The molecule has 1 nitrogen and oxygen atoms in total. The van der Waals surface area contributed by atoms with E-state index in [0.717, 1.165) is 18.3 Å². The van der Waals surface area contributed by atoms with Gasteiger partial charge < -0.3 is 5.11 Å². The van der Waals surface area contributed by atoms with E-state index in [9.17, 15) is 5.11 Å². The Morgan fingerprint density at radius 2 is 1.93 bits per heavy atom. The summed E-state index contributed by atoms with van der Waals surface area (Å²) in [5.41, 5.74) is 1.43. The third-order valence-electron chi connectivity index (χ3n) is 3.95. The van der Waals surface area contributed by atoms with Crippen molar-refractivity contribution in [1.82, 2.24) is 0 Å². The molecule has 1 heteroatoms. The van der Waals surface area contributed by atoms with Crippen molar-refractivity contribution in [3.05, 3.63) is 35.9 Å². The van der Waals surface area contributed by atoms with Crippen molar-refractivity contribution in [2.75, 3.05) is 0 Å². The largest absolute Gasteiger partial charge is 0.393 e. The lowest BCUT2D eigenvalue weighted by atomic mass is 10.0. The molecule has 1 aromatic carbocycles. The minimum atomic E-state index is 0.00807. The van der Waals surface area contributed by atoms with Gasteiger partial charge in [0.05, 0.1) is 6.10 Å². The Labute approximate surface area is 84.8 Å². The van der Waals surface area contributed by atoms with Crippen LogP contribution in [0.1, 0.15) is 18.4 Å². The van der Waals surface area contributed by atoms with Crippen molar-refractivity contribution in [2.24, 2.45) is 17.8 Å². The Morgan fingerprint density at radius 1 is 1.14 bits per heavy atom. The summed E-state index contributed by atoms with van der Waals surface area (Å²) in [4.78, 5) is 0. The third-order valence-corrected chi connectivity index (χ3v) is 3.95. The van der Waals surface area contributed by atoms with Gasteiger partial charge in [0.25, 0.3) is 0 Å². The first kappa shape index (κ1) is 8.49. The minimum Gasteiger partial charge on any atom is -0.393 e. The van der Waals surface area contributed by atoms with Crippen LogP contribution < -0.4 is 0 Å². The highest BCUT2D eigenvalue weighted by Gasteiger charge is 2.56. The van der Waals surface area contributed by atoms with Crippen LogP contribution >= 0.6 is 0 Å². The van der Waals surface area contributed by atoms with Crippen LogP contribution in [0.25, 0.3) is 0 Å². The molecule has 2 fully saturated rings. The fourth-order valence-electron chi connectivity index (χ4n) is 3.18. The molecular formula is C13H16O. The normalized spacial score (nSPS) is 39.5. The second-order valence-electron chi connectivity index (χ2n) is 4.74. The van der Waals surface area contributed by atoms with E-state index in [-0.39, 0.29) is 6.10 Å². The van der Waals surface area contributed by atoms with Crippen LogP contribution in [0, 0.1) is 17.8 Å². The summed E-state index contributed by atoms with van der Waals surface area (Å²) in [7, 11) is 0. The van der Waals surface area contributed by atoms with Crippen LogP contribution in [0.4, 0.5) is 0 Å². The zero-order valence-corrected chi connectivity index (χ0v) is 8.26. The molecule has 2 saturated carbocycles. The second-order valence-corrected chi connectivity index (χ2v) is 4.74. The standard InChI is InChI=1S/C13H16O/c14-12-7-6-10-11(13(10)12)8-9-4-2-1-3-5-9/h1-5,10-14H,6-8H2/t10-,11-,12+,13-/m0/s1. The van der Waals surface area contributed by atoms with E-state index >= 15 is 0 Å². The topological polar surface area (TPSA) is 20.2 Å². The first-order valence-corrected chi connectivity index (χ1v) is 5.58. The van der Waals surface area contributed by atoms with E-state index in [1.54, 1.807) is 0 Å². The summed E-state index contributed by atoms with van der Waals surface area (Å²) in [5.74, 6) is 2.25. The van der Waals surface area contributed by atoms with Gasteiger partial charge in [-0.05, 0) is 42.6 Å². The predicted molar refractivity (Wildman–Crippen MR) is 55.9 cm³/mol. The molecule has 2 aliphatic carbocycles. The first-order valence-electron chi connectivity index (χ1n) is 5.58. The molecule has 1 N–H and O–H groups in total. The lowest BCUT2D eigenvalue weighted by Crippen LogP contribution is -2.08. The van der Waals surface area contributed by atoms with Gasteiger partial charge in [-0.3, -0.25) is 0 Å². The molecule has 1 aromatic rings. The molecule has 0 aliphatic heterocycles. The Kier molecular flexibility index (Phi) is 1.88. The second kappa shape index (κ2) is 3.09. The van der Waals surface area contributed by atoms with Gasteiger partial charge in [-0.1, -0.05) is 30.3 Å². The summed E-state index contributed by atoms with van der Waals surface area (Å²) in [6.07, 6.45) is 3.48. The highest BCUT2D eigenvalue weighted by molar-refractivity contribution is 5.19. The average molecular weight is 188 g/mol. The molecule has 0 unspecified atom stereocenters. The van der Waals surface area contributed by atoms with E-state index < -0.39 is 0 Å². The van der Waals surface area contributed by atoms with Crippen LogP contribution in [-0.2, 0) is 6.42 Å². The van der Waals surface area contributed by atoms with Crippen molar-refractivity contribution in [2.45, 2.75) is 25.4 Å². The maximum Gasteiger partial charge on any atom is 0.0574 e. The molecule has 0 saturated heterocycles. The average Bonchev–Trinajstić information content (AvgIpc) is 2.75. The summed E-state index contributed by atoms with van der Waals surface area (Å²) in [5, 5.41) is 9.69. The number of aliphatic hydroxyl groups is 1. The number of aliphatic hydroxyl groups excluding tert-OH is 1. The van der Waals surface area contributed by atoms with E-state index in [1.165, 1.54) is 18.4 Å². The maximum atomic E-state index is 9.69.